The van der Waals surface area contributed by atoms with Crippen LogP contribution in [0.25, 0.3) is 21.5 Å². The number of fused-ring (bicyclic) bond motifs is 1. The maximum atomic E-state index is 13.5. The van der Waals surface area contributed by atoms with Crippen LogP contribution in [0.4, 0.5) is 36.6 Å². The van der Waals surface area contributed by atoms with Crippen LogP contribution in [0.1, 0.15) is 69.2 Å². The lowest BCUT2D eigenvalue weighted by Crippen LogP contribution is -2.33. The number of nitrogens with zero attached hydrogens (tertiary/aromatic N) is 6. The molecule has 0 bridgehead atoms. The minimum absolute atomic E-state index is 0.124. The van der Waals surface area contributed by atoms with E-state index in [1.54, 1.807) is 84.0 Å². The normalized spacial score (nSPS) is 10.9. The van der Waals surface area contributed by atoms with Gasteiger partial charge in [0.15, 0.2) is 0 Å². The summed E-state index contributed by atoms with van der Waals surface area (Å²) in [5.41, 5.74) is 0.336. The third kappa shape index (κ3) is 10.8. The Morgan fingerprint density at radius 1 is 0.846 bits per heavy atom. The lowest BCUT2D eigenvalue weighted by atomic mass is 10.2. The van der Waals surface area contributed by atoms with Gasteiger partial charge >= 0.3 is 18.3 Å². The predicted octanol–water partition coefficient (Wildman–Crippen LogP) is 9.98. The molecule has 0 unspecified atom stereocenters. The highest BCUT2D eigenvalue weighted by molar-refractivity contribution is 7.18. The highest BCUT2D eigenvalue weighted by atomic mass is 32.1. The zero-order chi connectivity index (χ0) is 38.8. The Balaban J connectivity index is 0.00000176. The van der Waals surface area contributed by atoms with Gasteiger partial charge < -0.3 is 14.2 Å². The Labute approximate surface area is 305 Å². The summed E-state index contributed by atoms with van der Waals surface area (Å²) in [6.07, 6.45) is -0.601. The molecule has 0 atom stereocenters. The third-order valence-corrected chi connectivity index (χ3v) is 7.15. The number of nitro groups is 1. The molecule has 276 valence electrons. The first-order valence-electron chi connectivity index (χ1n) is 16.5. The largest absolute Gasteiger partial charge is 0.443 e. The van der Waals surface area contributed by atoms with Gasteiger partial charge in [0.1, 0.15) is 22.0 Å². The van der Waals surface area contributed by atoms with Crippen LogP contribution in [0.2, 0.25) is 0 Å². The van der Waals surface area contributed by atoms with Gasteiger partial charge in [-0.2, -0.15) is 9.78 Å². The SMILES string of the molecule is CC.CC.CC(C)(C)OC(=O)N(c1ccc2c(cnn2C(=O)OC(C)(C)C)c1)c1nnc(-c2ccc(NC(=O)Oc3ccc([N+](=O)[O-])cc3)cc2)s1. The maximum absolute atomic E-state index is 13.5. The zero-order valence-corrected chi connectivity index (χ0v) is 31.6. The van der Waals surface area contributed by atoms with Crippen molar-refractivity contribution in [3.63, 3.8) is 0 Å². The fourth-order valence-corrected chi connectivity index (χ4v) is 5.08. The van der Waals surface area contributed by atoms with Crippen molar-refractivity contribution in [1.29, 1.82) is 0 Å². The second-order valence-corrected chi connectivity index (χ2v) is 13.3. The van der Waals surface area contributed by atoms with Crippen molar-refractivity contribution in [3.8, 4) is 16.3 Å². The van der Waals surface area contributed by atoms with Crippen molar-refractivity contribution in [1.82, 2.24) is 20.0 Å². The molecule has 16 heteroatoms. The van der Waals surface area contributed by atoms with Gasteiger partial charge in [0.25, 0.3) is 5.69 Å². The summed E-state index contributed by atoms with van der Waals surface area (Å²) in [5, 5.41) is 27.4. The molecule has 0 saturated heterocycles. The second-order valence-electron chi connectivity index (χ2n) is 12.3. The Kier molecular flexibility index (Phi) is 13.5. The lowest BCUT2D eigenvalue weighted by Gasteiger charge is -2.25. The topological polar surface area (TPSA) is 181 Å². The molecular formula is C36H43N7O8S. The smallest absolute Gasteiger partial charge is 0.435 e. The summed E-state index contributed by atoms with van der Waals surface area (Å²) in [4.78, 5) is 50.1. The first-order valence-corrected chi connectivity index (χ1v) is 17.3. The van der Waals surface area contributed by atoms with Gasteiger partial charge in [-0.1, -0.05) is 39.0 Å². The maximum Gasteiger partial charge on any atom is 0.435 e. The third-order valence-electron chi connectivity index (χ3n) is 6.19. The molecule has 0 radical (unpaired) electrons. The van der Waals surface area contributed by atoms with E-state index in [4.69, 9.17) is 14.2 Å². The molecule has 2 amide bonds. The van der Waals surface area contributed by atoms with Crippen molar-refractivity contribution < 1.29 is 33.5 Å². The van der Waals surface area contributed by atoms with Crippen LogP contribution >= 0.6 is 11.3 Å². The number of nitro benzene ring substituents is 1. The molecule has 2 aromatic heterocycles. The van der Waals surface area contributed by atoms with E-state index in [0.717, 1.165) is 16.0 Å². The van der Waals surface area contributed by atoms with Crippen LogP contribution in [0.15, 0.2) is 72.9 Å². The van der Waals surface area contributed by atoms with Crippen molar-refractivity contribution in [3.05, 3.63) is 83.0 Å². The average molecular weight is 734 g/mol. The van der Waals surface area contributed by atoms with E-state index in [-0.39, 0.29) is 16.6 Å². The van der Waals surface area contributed by atoms with Crippen LogP contribution in [0.5, 0.6) is 5.75 Å². The van der Waals surface area contributed by atoms with Crippen molar-refractivity contribution in [2.45, 2.75) is 80.4 Å². The molecule has 0 spiro atoms. The minimum atomic E-state index is -0.809. The Morgan fingerprint density at radius 3 is 2.04 bits per heavy atom. The van der Waals surface area contributed by atoms with Gasteiger partial charge in [0.2, 0.25) is 5.13 Å². The Bertz CT molecular complexity index is 1990. The predicted molar refractivity (Wildman–Crippen MR) is 201 cm³/mol. The van der Waals surface area contributed by atoms with Crippen LogP contribution in [0.3, 0.4) is 0 Å². The van der Waals surface area contributed by atoms with E-state index in [1.165, 1.54) is 35.4 Å². The molecule has 3 aromatic carbocycles. The quantitative estimate of drug-likeness (QED) is 0.129. The van der Waals surface area contributed by atoms with E-state index in [1.807, 2.05) is 27.7 Å². The summed E-state index contributed by atoms with van der Waals surface area (Å²) in [5.74, 6) is 0.140. The number of hydrogen-bond acceptors (Lipinski definition) is 12. The van der Waals surface area contributed by atoms with Gasteiger partial charge in [0, 0.05) is 28.8 Å². The molecule has 0 fully saturated rings. The minimum Gasteiger partial charge on any atom is -0.443 e. The first-order chi connectivity index (χ1) is 24.6. The van der Waals surface area contributed by atoms with Gasteiger partial charge in [-0.05, 0) is 96.1 Å². The molecule has 52 heavy (non-hydrogen) atoms. The number of non-ortho nitro benzene ring substituents is 1. The monoisotopic (exact) mass is 733 g/mol. The molecular weight excluding hydrogens is 691 g/mol. The van der Waals surface area contributed by atoms with E-state index in [2.05, 4.69) is 20.6 Å². The number of carbonyl (C=O) groups is 3. The van der Waals surface area contributed by atoms with E-state index in [0.29, 0.717) is 32.8 Å². The van der Waals surface area contributed by atoms with E-state index < -0.39 is 34.4 Å². The first kappa shape index (κ1) is 40.5. The van der Waals surface area contributed by atoms with Crippen molar-refractivity contribution >= 4 is 62.7 Å². The van der Waals surface area contributed by atoms with Crippen molar-refractivity contribution in [2.75, 3.05) is 10.2 Å². The van der Waals surface area contributed by atoms with Crippen LogP contribution in [-0.4, -0.2) is 54.4 Å². The highest BCUT2D eigenvalue weighted by Crippen LogP contribution is 2.36. The summed E-state index contributed by atoms with van der Waals surface area (Å²) < 4.78 is 17.5. The van der Waals surface area contributed by atoms with Crippen LogP contribution in [0, 0.1) is 10.1 Å². The molecule has 0 aliphatic carbocycles. The fourth-order valence-electron chi connectivity index (χ4n) is 4.22. The average Bonchev–Trinajstić information content (AvgIpc) is 3.74. The number of amides is 2. The van der Waals surface area contributed by atoms with E-state index >= 15 is 0 Å². The zero-order valence-electron chi connectivity index (χ0n) is 30.8. The molecule has 0 aliphatic heterocycles. The highest BCUT2D eigenvalue weighted by Gasteiger charge is 2.29. The molecule has 0 saturated carbocycles. The molecule has 5 aromatic rings. The number of carbonyl (C=O) groups excluding carboxylic acids is 3. The number of anilines is 3. The number of ether oxygens (including phenoxy) is 3. The molecule has 5 rings (SSSR count). The molecule has 2 heterocycles. The summed E-state index contributed by atoms with van der Waals surface area (Å²) in [7, 11) is 0. The lowest BCUT2D eigenvalue weighted by molar-refractivity contribution is -0.384. The van der Waals surface area contributed by atoms with Gasteiger partial charge in [-0.3, -0.25) is 15.4 Å². The molecule has 15 nitrogen and oxygen atoms in total. The number of hydrogen-bond donors (Lipinski definition) is 1. The summed E-state index contributed by atoms with van der Waals surface area (Å²) >= 11 is 1.14. The van der Waals surface area contributed by atoms with E-state index in [9.17, 15) is 24.5 Å². The second kappa shape index (κ2) is 17.4. The summed E-state index contributed by atoms with van der Waals surface area (Å²) in [6.45, 7) is 18.5. The van der Waals surface area contributed by atoms with Crippen LogP contribution in [-0.2, 0) is 9.47 Å². The van der Waals surface area contributed by atoms with Gasteiger partial charge in [-0.25, -0.2) is 19.3 Å². The summed E-state index contributed by atoms with van der Waals surface area (Å²) in [6, 6.07) is 16.8. The Morgan fingerprint density at radius 2 is 1.46 bits per heavy atom. The van der Waals surface area contributed by atoms with Crippen LogP contribution < -0.4 is 15.0 Å². The number of aromatic nitrogens is 4. The standard InChI is InChI=1S/C32H31N7O8S.2C2H6/c1-31(2,3)46-29(41)37(23-13-16-25-20(17-23)18-33-38(25)30(42)47-32(4,5)6)27-36-35-26(48-27)19-7-9-21(10-8-19)34-28(40)45-24-14-11-22(12-15-24)39(43)44;2*1-2/h7-18H,1-6H3,(H,34,40);2*1-2H3. The molecule has 0 aliphatic rings. The number of rotatable bonds is 6. The number of benzene rings is 3. The van der Waals surface area contributed by atoms with Crippen molar-refractivity contribution in [2.24, 2.45) is 0 Å². The van der Waals surface area contributed by atoms with Gasteiger partial charge in [-0.15, -0.1) is 10.2 Å². The number of nitrogens with one attached hydrogen (secondary N) is 1. The molecule has 1 N–H and O–H groups in total. The fraction of sp³-hybridized carbons (Fsp3) is 0.333. The van der Waals surface area contributed by atoms with Gasteiger partial charge in [0.05, 0.1) is 22.3 Å². The Hall–Kier alpha value is -5.90.